The van der Waals surface area contributed by atoms with E-state index in [1.165, 1.54) is 12.1 Å². The Bertz CT molecular complexity index is 921. The Morgan fingerprint density at radius 3 is 2.40 bits per heavy atom. The molecule has 0 spiro atoms. The lowest BCUT2D eigenvalue weighted by Crippen LogP contribution is -2.60. The van der Waals surface area contributed by atoms with Gasteiger partial charge in [0.1, 0.15) is 6.33 Å². The third-order valence-electron chi connectivity index (χ3n) is 7.72. The van der Waals surface area contributed by atoms with Crippen molar-refractivity contribution in [2.75, 3.05) is 23.3 Å². The summed E-state index contributed by atoms with van der Waals surface area (Å²) < 4.78 is 2.68. The number of rotatable bonds is 6. The maximum absolute atomic E-state index is 13.6. The number of hydrogen-bond acceptors (Lipinski definition) is 4. The fraction of sp³-hybridized carbons (Fsp3) is 0.609. The van der Waals surface area contributed by atoms with Gasteiger partial charge in [0.15, 0.2) is 0 Å². The van der Waals surface area contributed by atoms with Crippen LogP contribution in [0.3, 0.4) is 0 Å². The van der Waals surface area contributed by atoms with Crippen molar-refractivity contribution in [3.05, 3.63) is 35.3 Å². The molecule has 2 aromatic rings. The van der Waals surface area contributed by atoms with E-state index in [9.17, 15) is 4.79 Å². The van der Waals surface area contributed by atoms with Gasteiger partial charge < -0.3 is 10.2 Å². The van der Waals surface area contributed by atoms with E-state index >= 15 is 0 Å². The lowest BCUT2D eigenvalue weighted by molar-refractivity contribution is -0.150. The Morgan fingerprint density at radius 2 is 1.83 bits per heavy atom. The highest BCUT2D eigenvalue weighted by Gasteiger charge is 2.61. The third kappa shape index (κ3) is 3.26. The van der Waals surface area contributed by atoms with Gasteiger partial charge in [-0.2, -0.15) is 0 Å². The number of amides is 1. The molecule has 4 bridgehead atoms. The predicted molar refractivity (Wildman–Crippen MR) is 121 cm³/mol. The molecule has 6 rings (SSSR count). The zero-order valence-electron chi connectivity index (χ0n) is 17.8. The van der Waals surface area contributed by atoms with Crippen molar-refractivity contribution in [1.82, 2.24) is 14.8 Å². The van der Waals surface area contributed by atoms with Crippen molar-refractivity contribution < 1.29 is 4.79 Å². The van der Waals surface area contributed by atoms with Gasteiger partial charge in [0.25, 0.3) is 0 Å². The van der Waals surface area contributed by atoms with Crippen LogP contribution in [-0.2, 0) is 10.3 Å². The van der Waals surface area contributed by atoms with Gasteiger partial charge in [0, 0.05) is 24.5 Å². The fourth-order valence-corrected chi connectivity index (χ4v) is 7.09. The monoisotopic (exact) mass is 471 g/mol. The molecule has 1 N–H and O–H groups in total. The minimum absolute atomic E-state index is 0.0624. The second kappa shape index (κ2) is 7.36. The molecule has 0 radical (unpaired) electrons. The van der Waals surface area contributed by atoms with Crippen molar-refractivity contribution in [1.29, 1.82) is 0 Å². The second-order valence-corrected chi connectivity index (χ2v) is 10.3. The number of anilines is 2. The first-order valence-electron chi connectivity index (χ1n) is 11.2. The van der Waals surface area contributed by atoms with Crippen LogP contribution >= 0.6 is 15.9 Å². The summed E-state index contributed by atoms with van der Waals surface area (Å²) in [6.45, 7) is 6.29. The van der Waals surface area contributed by atoms with Crippen LogP contribution < -0.4 is 10.2 Å². The zero-order valence-corrected chi connectivity index (χ0v) is 19.4. The number of carbonyl (C=O) groups is 1. The van der Waals surface area contributed by atoms with Crippen LogP contribution in [0, 0.1) is 17.3 Å². The van der Waals surface area contributed by atoms with E-state index in [4.69, 9.17) is 0 Å². The van der Waals surface area contributed by atoms with Gasteiger partial charge in [0.05, 0.1) is 11.0 Å². The van der Waals surface area contributed by atoms with Crippen LogP contribution in [0.4, 0.5) is 11.4 Å². The van der Waals surface area contributed by atoms with Gasteiger partial charge in [-0.05, 0) is 104 Å². The van der Waals surface area contributed by atoms with E-state index in [1.54, 1.807) is 0 Å². The summed E-state index contributed by atoms with van der Waals surface area (Å²) in [4.78, 5) is 20.2. The Kier molecular flexibility index (Phi) is 4.92. The molecule has 4 saturated carbocycles. The van der Waals surface area contributed by atoms with E-state index in [0.717, 1.165) is 50.9 Å². The number of carbonyl (C=O) groups excluding carboxylic acids is 1. The Hall–Kier alpha value is -1.89. The number of benzene rings is 1. The summed E-state index contributed by atoms with van der Waals surface area (Å²) in [5.41, 5.74) is 1.74. The van der Waals surface area contributed by atoms with E-state index < -0.39 is 0 Å². The molecule has 160 valence electrons. The smallest absolute Gasteiger partial charge is 0.230 e. The van der Waals surface area contributed by atoms with Crippen LogP contribution in [0.5, 0.6) is 0 Å². The van der Waals surface area contributed by atoms with Crippen molar-refractivity contribution in [3.8, 4) is 0 Å². The van der Waals surface area contributed by atoms with Crippen molar-refractivity contribution in [3.63, 3.8) is 0 Å². The number of halogens is 1. The summed E-state index contributed by atoms with van der Waals surface area (Å²) in [6.07, 6.45) is 8.21. The zero-order chi connectivity index (χ0) is 20.9. The highest BCUT2D eigenvalue weighted by Crippen LogP contribution is 2.64. The quantitative estimate of drug-likeness (QED) is 0.655. The van der Waals surface area contributed by atoms with Crippen LogP contribution in [0.1, 0.15) is 52.4 Å². The minimum atomic E-state index is -0.292. The predicted octanol–water partition coefficient (Wildman–Crippen LogP) is 4.82. The number of hydrogen-bond donors (Lipinski definition) is 1. The third-order valence-corrected chi connectivity index (χ3v) is 8.08. The first-order chi connectivity index (χ1) is 14.4. The van der Waals surface area contributed by atoms with Gasteiger partial charge in [0.2, 0.25) is 10.6 Å². The summed E-state index contributed by atoms with van der Waals surface area (Å²) in [5.74, 6) is 1.39. The van der Waals surface area contributed by atoms with Crippen LogP contribution in [0.25, 0.3) is 0 Å². The molecule has 4 aliphatic rings. The molecule has 0 aliphatic heterocycles. The average molecular weight is 472 g/mol. The van der Waals surface area contributed by atoms with Gasteiger partial charge in [-0.1, -0.05) is 0 Å². The Morgan fingerprint density at radius 1 is 1.17 bits per heavy atom. The Labute approximate surface area is 186 Å². The van der Waals surface area contributed by atoms with Crippen LogP contribution in [0.15, 0.2) is 35.3 Å². The fourth-order valence-electron chi connectivity index (χ4n) is 6.83. The second-order valence-electron chi connectivity index (χ2n) is 9.60. The van der Waals surface area contributed by atoms with E-state index in [1.807, 2.05) is 18.5 Å². The highest BCUT2D eigenvalue weighted by molar-refractivity contribution is 9.10. The minimum Gasteiger partial charge on any atom is -0.372 e. The van der Waals surface area contributed by atoms with E-state index in [2.05, 4.69) is 66.9 Å². The molecule has 2 unspecified atom stereocenters. The molecule has 1 amide bonds. The van der Waals surface area contributed by atoms with Gasteiger partial charge in [-0.3, -0.25) is 4.79 Å². The topological polar surface area (TPSA) is 63.1 Å². The molecule has 30 heavy (non-hydrogen) atoms. The summed E-state index contributed by atoms with van der Waals surface area (Å²) >= 11 is 3.40. The van der Waals surface area contributed by atoms with Gasteiger partial charge in [-0.25, -0.2) is 9.67 Å². The van der Waals surface area contributed by atoms with Crippen molar-refractivity contribution in [2.24, 2.45) is 17.3 Å². The molecule has 1 aromatic carbocycles. The van der Waals surface area contributed by atoms with Crippen molar-refractivity contribution >= 4 is 33.2 Å². The lowest BCUT2D eigenvalue weighted by atomic mass is 9.46. The first kappa shape index (κ1) is 20.0. The molecule has 6 nitrogen and oxygen atoms in total. The van der Waals surface area contributed by atoms with E-state index in [-0.39, 0.29) is 16.9 Å². The van der Waals surface area contributed by atoms with Gasteiger partial charge >= 0.3 is 0 Å². The molecule has 1 heterocycles. The number of nitrogens with one attached hydrogen (secondary N) is 1. The summed E-state index contributed by atoms with van der Waals surface area (Å²) in [7, 11) is 0. The van der Waals surface area contributed by atoms with Gasteiger partial charge in [-0.15, -0.1) is 5.10 Å². The molecule has 0 saturated heterocycles. The number of nitrogens with zero attached hydrogens (tertiary/aromatic N) is 4. The van der Waals surface area contributed by atoms with Crippen LogP contribution in [0.2, 0.25) is 0 Å². The molecule has 4 fully saturated rings. The molecule has 4 aliphatic carbocycles. The summed E-state index contributed by atoms with van der Waals surface area (Å²) in [5, 5.41) is 7.87. The largest absolute Gasteiger partial charge is 0.372 e. The molecule has 4 atom stereocenters. The molecular formula is C23H30BrN5O. The standard InChI is InChI=1S/C23H30BrN5O/c1-3-28(4-2)19-7-5-18(6-8-19)26-20(30)22-10-16-9-17(11-22)13-23(12-16,14-22)29-15-25-21(24)27-29/h5-8,15-17H,3-4,9-14H2,1-2H3,(H,26,30)/t16-,17+,22?,23?. The highest BCUT2D eigenvalue weighted by atomic mass is 79.9. The van der Waals surface area contributed by atoms with E-state index in [0.29, 0.717) is 16.6 Å². The molecule has 7 heteroatoms. The SMILES string of the molecule is CCN(CC)c1ccc(NC(=O)C23C[C@H]4C[C@@H](C2)CC(n2cnc(Br)n2)(C4)C3)cc1. The normalized spacial score (nSPS) is 31.7. The number of aromatic nitrogens is 3. The summed E-state index contributed by atoms with van der Waals surface area (Å²) in [6, 6.07) is 8.29. The maximum Gasteiger partial charge on any atom is 0.230 e. The average Bonchev–Trinajstić information content (AvgIpc) is 3.16. The van der Waals surface area contributed by atoms with Crippen molar-refractivity contribution in [2.45, 2.75) is 57.9 Å². The molecular weight excluding hydrogens is 442 g/mol. The van der Waals surface area contributed by atoms with Crippen LogP contribution in [-0.4, -0.2) is 33.8 Å². The lowest BCUT2D eigenvalue weighted by Gasteiger charge is -2.60. The molecule has 1 aromatic heterocycles. The first-order valence-corrected chi connectivity index (χ1v) is 12.0. The maximum atomic E-state index is 13.6. The Balaban J connectivity index is 1.38.